The fourth-order valence-electron chi connectivity index (χ4n) is 2.68. The van der Waals surface area contributed by atoms with Gasteiger partial charge in [0.2, 0.25) is 0 Å². The highest BCUT2D eigenvalue weighted by Crippen LogP contribution is 2.42. The Bertz CT molecular complexity index is 504. The summed E-state index contributed by atoms with van der Waals surface area (Å²) in [7, 11) is 0. The lowest BCUT2D eigenvalue weighted by atomic mass is 9.86. The molecular weight excluding hydrogens is 316 g/mol. The van der Waals surface area contributed by atoms with Crippen LogP contribution in [0.25, 0.3) is 0 Å². The molecule has 6 unspecified atom stereocenters. The predicted octanol–water partition coefficient (Wildman–Crippen LogP) is 0.00400. The first kappa shape index (κ1) is 17.1. The maximum absolute atomic E-state index is 11.7. The molecule has 0 aromatic carbocycles. The zero-order chi connectivity index (χ0) is 16.4. The van der Waals surface area contributed by atoms with Crippen LogP contribution in [0.2, 0.25) is 0 Å². The first-order valence-corrected chi connectivity index (χ1v) is 7.73. The van der Waals surface area contributed by atoms with E-state index in [0.29, 0.717) is 6.42 Å². The minimum atomic E-state index is -2.74. The number of ether oxygens (including phenoxy) is 3. The minimum absolute atomic E-state index is 0.112. The molecule has 2 aliphatic heterocycles. The lowest BCUT2D eigenvalue weighted by molar-refractivity contribution is -0.166. The summed E-state index contributed by atoms with van der Waals surface area (Å²) >= 11 is -2.74. The van der Waals surface area contributed by atoms with E-state index >= 15 is 0 Å². The van der Waals surface area contributed by atoms with Crippen LogP contribution < -0.4 is 0 Å². The number of fused-ring (bicyclic) bond motifs is 2. The van der Waals surface area contributed by atoms with Gasteiger partial charge in [0.25, 0.3) is 0 Å². The Morgan fingerprint density at radius 1 is 1.41 bits per heavy atom. The van der Waals surface area contributed by atoms with Crippen molar-refractivity contribution in [3.05, 3.63) is 12.2 Å². The molecule has 2 aliphatic rings. The SMILES string of the molecule is C=C(C)C(=O)OCC(=O)OC1C2OC(CC2C)C1OS(=O)[O-]. The number of carbonyl (C=O) groups excluding carboxylic acids is 2. The number of rotatable bonds is 6. The van der Waals surface area contributed by atoms with Gasteiger partial charge in [0.15, 0.2) is 12.7 Å². The molecule has 0 spiro atoms. The highest BCUT2D eigenvalue weighted by atomic mass is 32.2. The van der Waals surface area contributed by atoms with Crippen LogP contribution in [0.1, 0.15) is 20.3 Å². The number of carbonyl (C=O) groups is 2. The van der Waals surface area contributed by atoms with Gasteiger partial charge in [-0.05, 0) is 19.3 Å². The Kier molecular flexibility index (Phi) is 5.32. The fourth-order valence-corrected chi connectivity index (χ4v) is 3.09. The summed E-state index contributed by atoms with van der Waals surface area (Å²) in [4.78, 5) is 23.0. The molecular formula is C13H17O8S-. The average molecular weight is 333 g/mol. The van der Waals surface area contributed by atoms with Crippen molar-refractivity contribution in [3.63, 3.8) is 0 Å². The molecule has 0 N–H and O–H groups in total. The van der Waals surface area contributed by atoms with Crippen molar-refractivity contribution < 1.29 is 36.7 Å². The minimum Gasteiger partial charge on any atom is -0.750 e. The fraction of sp³-hybridized carbons (Fsp3) is 0.692. The standard InChI is InChI=1S/C13H18O8S/c1-6(2)13(15)18-5-9(14)20-12-10-7(3)4-8(19-10)11(12)21-22(16)17/h7-8,10-12H,1,4-5H2,2-3H3,(H,16,17)/p-1. The molecule has 2 rings (SSSR count). The van der Waals surface area contributed by atoms with Gasteiger partial charge in [-0.2, -0.15) is 0 Å². The molecule has 0 saturated carbocycles. The van der Waals surface area contributed by atoms with Crippen LogP contribution in [0, 0.1) is 5.92 Å². The van der Waals surface area contributed by atoms with Crippen LogP contribution in [-0.4, -0.2) is 51.7 Å². The van der Waals surface area contributed by atoms with E-state index in [4.69, 9.17) is 13.7 Å². The van der Waals surface area contributed by atoms with Gasteiger partial charge in [-0.1, -0.05) is 13.5 Å². The van der Waals surface area contributed by atoms with Crippen molar-refractivity contribution in [3.8, 4) is 0 Å². The summed E-state index contributed by atoms with van der Waals surface area (Å²) in [6.45, 7) is 6.17. The lowest BCUT2D eigenvalue weighted by Crippen LogP contribution is -2.46. The molecule has 0 radical (unpaired) electrons. The van der Waals surface area contributed by atoms with Crippen molar-refractivity contribution in [1.29, 1.82) is 0 Å². The Labute approximate surface area is 130 Å². The van der Waals surface area contributed by atoms with Crippen LogP contribution in [0.4, 0.5) is 0 Å². The van der Waals surface area contributed by atoms with Crippen LogP contribution in [0.5, 0.6) is 0 Å². The highest BCUT2D eigenvalue weighted by molar-refractivity contribution is 7.74. The van der Waals surface area contributed by atoms with Gasteiger partial charge in [0.1, 0.15) is 12.2 Å². The van der Waals surface area contributed by atoms with Crippen LogP contribution in [0.3, 0.4) is 0 Å². The third kappa shape index (κ3) is 3.72. The molecule has 2 bridgehead atoms. The van der Waals surface area contributed by atoms with Crippen molar-refractivity contribution >= 4 is 23.3 Å². The summed E-state index contributed by atoms with van der Waals surface area (Å²) in [6, 6.07) is 0. The summed E-state index contributed by atoms with van der Waals surface area (Å²) in [5, 5.41) is 0. The molecule has 0 aromatic rings. The molecule has 22 heavy (non-hydrogen) atoms. The highest BCUT2D eigenvalue weighted by Gasteiger charge is 2.56. The number of hydrogen-bond acceptors (Lipinski definition) is 8. The van der Waals surface area contributed by atoms with Crippen molar-refractivity contribution in [2.45, 2.75) is 44.7 Å². The quantitative estimate of drug-likeness (QED) is 0.379. The van der Waals surface area contributed by atoms with E-state index in [1.165, 1.54) is 6.92 Å². The molecule has 0 aromatic heterocycles. The zero-order valence-electron chi connectivity index (χ0n) is 12.2. The third-order valence-corrected chi connectivity index (χ3v) is 4.02. The molecule has 0 aliphatic carbocycles. The van der Waals surface area contributed by atoms with Gasteiger partial charge in [-0.15, -0.1) is 0 Å². The monoisotopic (exact) mass is 333 g/mol. The maximum Gasteiger partial charge on any atom is 0.344 e. The Morgan fingerprint density at radius 3 is 2.68 bits per heavy atom. The molecule has 0 amide bonds. The largest absolute Gasteiger partial charge is 0.750 e. The molecule has 6 atom stereocenters. The second kappa shape index (κ2) is 6.86. The van der Waals surface area contributed by atoms with Gasteiger partial charge in [-0.3, -0.25) is 4.18 Å². The van der Waals surface area contributed by atoms with E-state index in [9.17, 15) is 18.4 Å². The maximum atomic E-state index is 11.7. The van der Waals surface area contributed by atoms with E-state index in [1.54, 1.807) is 0 Å². The number of hydrogen-bond donors (Lipinski definition) is 0. The molecule has 8 nitrogen and oxygen atoms in total. The van der Waals surface area contributed by atoms with Gasteiger partial charge < -0.3 is 18.8 Å². The Balaban J connectivity index is 1.94. The van der Waals surface area contributed by atoms with Crippen LogP contribution in [0.15, 0.2) is 12.2 Å². The predicted molar refractivity (Wildman–Crippen MR) is 71.9 cm³/mol. The molecule has 2 heterocycles. The van der Waals surface area contributed by atoms with Crippen molar-refractivity contribution in [1.82, 2.24) is 0 Å². The van der Waals surface area contributed by atoms with Gasteiger partial charge in [-0.25, -0.2) is 13.8 Å². The zero-order valence-corrected chi connectivity index (χ0v) is 13.0. The first-order chi connectivity index (χ1) is 10.3. The van der Waals surface area contributed by atoms with Crippen molar-refractivity contribution in [2.75, 3.05) is 6.61 Å². The summed E-state index contributed by atoms with van der Waals surface area (Å²) < 4.78 is 41.7. The Morgan fingerprint density at radius 2 is 2.09 bits per heavy atom. The van der Waals surface area contributed by atoms with E-state index in [-0.39, 0.29) is 11.5 Å². The second-order valence-electron chi connectivity index (χ2n) is 5.43. The molecule has 124 valence electrons. The molecule has 2 saturated heterocycles. The summed E-state index contributed by atoms with van der Waals surface area (Å²) in [6.07, 6.45) is -1.96. The number of esters is 2. The van der Waals surface area contributed by atoms with E-state index < -0.39 is 54.3 Å². The summed E-state index contributed by atoms with van der Waals surface area (Å²) in [5.41, 5.74) is 0.160. The van der Waals surface area contributed by atoms with Gasteiger partial charge in [0.05, 0.1) is 17.5 Å². The first-order valence-electron chi connectivity index (χ1n) is 6.73. The van der Waals surface area contributed by atoms with Gasteiger partial charge >= 0.3 is 11.9 Å². The smallest absolute Gasteiger partial charge is 0.344 e. The second-order valence-corrected chi connectivity index (χ2v) is 6.03. The van der Waals surface area contributed by atoms with Crippen LogP contribution in [-0.2, 0) is 39.3 Å². The van der Waals surface area contributed by atoms with Gasteiger partial charge in [0, 0.05) is 5.57 Å². The lowest BCUT2D eigenvalue weighted by Gasteiger charge is -2.30. The van der Waals surface area contributed by atoms with Crippen LogP contribution >= 0.6 is 0 Å². The van der Waals surface area contributed by atoms with E-state index in [2.05, 4.69) is 11.3 Å². The third-order valence-electron chi connectivity index (χ3n) is 3.64. The molecule has 2 fully saturated rings. The Hall–Kier alpha value is -1.29. The molecule has 9 heteroatoms. The average Bonchev–Trinajstić information content (AvgIpc) is 2.94. The normalized spacial score (nSPS) is 34.2. The topological polar surface area (TPSA) is 111 Å². The summed E-state index contributed by atoms with van der Waals surface area (Å²) in [5.74, 6) is -1.39. The van der Waals surface area contributed by atoms with Crippen molar-refractivity contribution in [2.24, 2.45) is 5.92 Å². The van der Waals surface area contributed by atoms with E-state index in [1.807, 2.05) is 6.92 Å². The van der Waals surface area contributed by atoms with E-state index in [0.717, 1.165) is 0 Å².